The lowest BCUT2D eigenvalue weighted by molar-refractivity contribution is -0.694. The normalized spacial score (nSPS) is 19.4. The van der Waals surface area contributed by atoms with E-state index in [1.165, 1.54) is 11.8 Å². The Balaban J connectivity index is 2.08. The highest BCUT2D eigenvalue weighted by Gasteiger charge is 2.26. The molecule has 16 heavy (non-hydrogen) atoms. The van der Waals surface area contributed by atoms with Gasteiger partial charge >= 0.3 is 0 Å². The summed E-state index contributed by atoms with van der Waals surface area (Å²) in [6.07, 6.45) is 2.07. The molecule has 2 nitrogen and oxygen atoms in total. The molecule has 1 aromatic carbocycles. The van der Waals surface area contributed by atoms with Crippen molar-refractivity contribution in [1.29, 1.82) is 0 Å². The van der Waals surface area contributed by atoms with Crippen molar-refractivity contribution in [3.8, 4) is 0 Å². The third-order valence-corrected chi connectivity index (χ3v) is 3.20. The standard InChI is InChI=1S/C13H13FN2/c14-11-5-2-1-4-10(11)13-12-6-3-8-16(12)9-7-15-13/h1-6,8,13,15H,7,9H2/p+1/t13-/m1/s1. The monoisotopic (exact) mass is 217 g/mol. The lowest BCUT2D eigenvalue weighted by atomic mass is 10.0. The molecule has 0 amide bonds. The molecule has 0 saturated heterocycles. The Labute approximate surface area is 93.7 Å². The van der Waals surface area contributed by atoms with Crippen LogP contribution in [-0.2, 0) is 6.54 Å². The molecule has 1 aliphatic heterocycles. The molecule has 2 heterocycles. The molecule has 0 aliphatic carbocycles. The second-order valence-corrected chi connectivity index (χ2v) is 4.15. The van der Waals surface area contributed by atoms with Crippen molar-refractivity contribution in [3.05, 3.63) is 59.7 Å². The Bertz CT molecular complexity index is 504. The van der Waals surface area contributed by atoms with Crippen molar-refractivity contribution in [2.24, 2.45) is 0 Å². The van der Waals surface area contributed by atoms with Crippen LogP contribution < -0.4 is 5.32 Å². The minimum atomic E-state index is -0.113. The lowest BCUT2D eigenvalue weighted by Crippen LogP contribution is -2.88. The van der Waals surface area contributed by atoms with Gasteiger partial charge in [0.15, 0.2) is 6.04 Å². The molecule has 0 bridgehead atoms. The molecular formula is C13H14FN2+. The van der Waals surface area contributed by atoms with Crippen LogP contribution in [0.1, 0.15) is 17.3 Å². The first-order chi connectivity index (χ1) is 7.86. The maximum Gasteiger partial charge on any atom is 0.155 e. The Morgan fingerprint density at radius 2 is 2.06 bits per heavy atom. The number of fused-ring (bicyclic) bond motifs is 1. The van der Waals surface area contributed by atoms with Crippen LogP contribution in [-0.4, -0.2) is 11.1 Å². The van der Waals surface area contributed by atoms with Crippen LogP contribution in [0.3, 0.4) is 0 Å². The first-order valence-electron chi connectivity index (χ1n) is 5.59. The molecular weight excluding hydrogens is 203 g/mol. The van der Waals surface area contributed by atoms with Gasteiger partial charge in [-0.2, -0.15) is 0 Å². The summed E-state index contributed by atoms with van der Waals surface area (Å²) in [6.45, 7) is 2.01. The molecule has 0 spiro atoms. The van der Waals surface area contributed by atoms with Gasteiger partial charge in [0.05, 0.1) is 24.3 Å². The molecule has 1 atom stereocenters. The fourth-order valence-electron chi connectivity index (χ4n) is 2.43. The maximum absolute atomic E-state index is 13.7. The van der Waals surface area contributed by atoms with E-state index < -0.39 is 0 Å². The zero-order valence-electron chi connectivity index (χ0n) is 8.94. The summed E-state index contributed by atoms with van der Waals surface area (Å²) in [7, 11) is 0. The molecule has 0 saturated carbocycles. The highest BCUT2D eigenvalue weighted by Crippen LogP contribution is 2.22. The van der Waals surface area contributed by atoms with Gasteiger partial charge in [0.25, 0.3) is 0 Å². The second-order valence-electron chi connectivity index (χ2n) is 4.15. The first-order valence-corrected chi connectivity index (χ1v) is 5.59. The van der Waals surface area contributed by atoms with Gasteiger partial charge in [-0.15, -0.1) is 0 Å². The van der Waals surface area contributed by atoms with Crippen LogP contribution in [0.25, 0.3) is 0 Å². The quantitative estimate of drug-likeness (QED) is 0.743. The van der Waals surface area contributed by atoms with Gasteiger partial charge in [0.1, 0.15) is 5.82 Å². The largest absolute Gasteiger partial charge is 0.340 e. The molecule has 0 fully saturated rings. The van der Waals surface area contributed by atoms with Crippen LogP contribution >= 0.6 is 0 Å². The third-order valence-electron chi connectivity index (χ3n) is 3.20. The number of halogens is 1. The van der Waals surface area contributed by atoms with Gasteiger partial charge in [0.2, 0.25) is 0 Å². The zero-order chi connectivity index (χ0) is 11.0. The summed E-state index contributed by atoms with van der Waals surface area (Å²) in [5.41, 5.74) is 1.97. The lowest BCUT2D eigenvalue weighted by Gasteiger charge is -2.23. The van der Waals surface area contributed by atoms with Crippen molar-refractivity contribution in [2.75, 3.05) is 6.54 Å². The van der Waals surface area contributed by atoms with E-state index in [0.29, 0.717) is 0 Å². The average molecular weight is 217 g/mol. The minimum absolute atomic E-state index is 0.102. The minimum Gasteiger partial charge on any atom is -0.340 e. The zero-order valence-corrected chi connectivity index (χ0v) is 8.94. The molecule has 2 N–H and O–H groups in total. The van der Waals surface area contributed by atoms with Gasteiger partial charge in [-0.3, -0.25) is 0 Å². The smallest absolute Gasteiger partial charge is 0.155 e. The summed E-state index contributed by atoms with van der Waals surface area (Å²) in [5, 5.41) is 2.20. The fraction of sp³-hybridized carbons (Fsp3) is 0.231. The van der Waals surface area contributed by atoms with Crippen LogP contribution in [0.2, 0.25) is 0 Å². The van der Waals surface area contributed by atoms with E-state index in [-0.39, 0.29) is 11.9 Å². The van der Waals surface area contributed by atoms with Gasteiger partial charge in [0, 0.05) is 6.20 Å². The third kappa shape index (κ3) is 1.44. The predicted octanol–water partition coefficient (Wildman–Crippen LogP) is 1.29. The van der Waals surface area contributed by atoms with Crippen molar-refractivity contribution in [1.82, 2.24) is 4.57 Å². The van der Waals surface area contributed by atoms with Crippen molar-refractivity contribution in [2.45, 2.75) is 12.6 Å². The summed E-state index contributed by atoms with van der Waals surface area (Å²) in [6, 6.07) is 11.2. The Hall–Kier alpha value is -1.61. The van der Waals surface area contributed by atoms with Crippen LogP contribution in [0.15, 0.2) is 42.6 Å². The maximum atomic E-state index is 13.7. The molecule has 0 unspecified atom stereocenters. The number of nitrogens with zero attached hydrogens (tertiary/aromatic N) is 1. The van der Waals surface area contributed by atoms with Crippen molar-refractivity contribution in [3.63, 3.8) is 0 Å². The number of quaternary nitrogens is 1. The number of hydrogen-bond donors (Lipinski definition) is 1. The van der Waals surface area contributed by atoms with E-state index in [9.17, 15) is 4.39 Å². The molecule has 82 valence electrons. The molecule has 1 aliphatic rings. The summed E-state index contributed by atoms with van der Waals surface area (Å²) >= 11 is 0. The first kappa shape index (κ1) is 9.60. The van der Waals surface area contributed by atoms with Crippen LogP contribution in [0.4, 0.5) is 4.39 Å². The predicted molar refractivity (Wildman–Crippen MR) is 59.5 cm³/mol. The second kappa shape index (κ2) is 3.76. The highest BCUT2D eigenvalue weighted by atomic mass is 19.1. The topological polar surface area (TPSA) is 21.5 Å². The molecule has 1 aromatic heterocycles. The SMILES string of the molecule is Fc1ccccc1[C@H]1[NH2+]CCn2cccc21. The van der Waals surface area contributed by atoms with Gasteiger partial charge < -0.3 is 9.88 Å². The number of rotatable bonds is 1. The van der Waals surface area contributed by atoms with E-state index >= 15 is 0 Å². The number of aromatic nitrogens is 1. The number of benzene rings is 1. The van der Waals surface area contributed by atoms with E-state index in [0.717, 1.165) is 18.7 Å². The van der Waals surface area contributed by atoms with Crippen molar-refractivity contribution < 1.29 is 9.71 Å². The number of nitrogens with two attached hydrogens (primary N) is 1. The molecule has 0 radical (unpaired) electrons. The molecule has 3 rings (SSSR count). The highest BCUT2D eigenvalue weighted by molar-refractivity contribution is 5.28. The molecule has 3 heteroatoms. The number of hydrogen-bond acceptors (Lipinski definition) is 0. The summed E-state index contributed by atoms with van der Waals surface area (Å²) in [5.74, 6) is -0.113. The van der Waals surface area contributed by atoms with E-state index in [4.69, 9.17) is 0 Å². The Morgan fingerprint density at radius 1 is 1.19 bits per heavy atom. The molecule has 2 aromatic rings. The van der Waals surface area contributed by atoms with Gasteiger partial charge in [-0.05, 0) is 24.3 Å². The van der Waals surface area contributed by atoms with Gasteiger partial charge in [-0.1, -0.05) is 12.1 Å². The van der Waals surface area contributed by atoms with Crippen molar-refractivity contribution >= 4 is 0 Å². The summed E-state index contributed by atoms with van der Waals surface area (Å²) in [4.78, 5) is 0. The fourth-order valence-corrected chi connectivity index (χ4v) is 2.43. The van der Waals surface area contributed by atoms with E-state index in [1.54, 1.807) is 6.07 Å². The van der Waals surface area contributed by atoms with E-state index in [1.807, 2.05) is 18.2 Å². The van der Waals surface area contributed by atoms with Crippen LogP contribution in [0.5, 0.6) is 0 Å². The van der Waals surface area contributed by atoms with Crippen LogP contribution in [0, 0.1) is 5.82 Å². The average Bonchev–Trinajstić information content (AvgIpc) is 2.77. The summed E-state index contributed by atoms with van der Waals surface area (Å²) < 4.78 is 16.0. The Kier molecular flexibility index (Phi) is 2.26. The van der Waals surface area contributed by atoms with Gasteiger partial charge in [-0.25, -0.2) is 4.39 Å². The van der Waals surface area contributed by atoms with E-state index in [2.05, 4.69) is 22.1 Å². The Morgan fingerprint density at radius 3 is 2.94 bits per heavy atom.